The second-order valence-electron chi connectivity index (χ2n) is 6.32. The lowest BCUT2D eigenvalue weighted by atomic mass is 10.1. The molecule has 0 fully saturated rings. The van der Waals surface area contributed by atoms with Gasteiger partial charge >= 0.3 is 0 Å². The summed E-state index contributed by atoms with van der Waals surface area (Å²) in [6.07, 6.45) is 4.01. The highest BCUT2D eigenvalue weighted by Gasteiger charge is 2.21. The van der Waals surface area contributed by atoms with Crippen LogP contribution in [-0.4, -0.2) is 11.9 Å². The second kappa shape index (κ2) is 7.58. The maximum absolute atomic E-state index is 12.5. The van der Waals surface area contributed by atoms with Gasteiger partial charge in [0.25, 0.3) is 5.91 Å². The van der Waals surface area contributed by atoms with Crippen molar-refractivity contribution in [3.63, 3.8) is 0 Å². The zero-order chi connectivity index (χ0) is 17.1. The van der Waals surface area contributed by atoms with Crippen LogP contribution in [0.5, 0.6) is 0 Å². The van der Waals surface area contributed by atoms with E-state index in [1.165, 1.54) is 26.4 Å². The number of rotatable bonds is 5. The fourth-order valence-electron chi connectivity index (χ4n) is 2.83. The van der Waals surface area contributed by atoms with Crippen molar-refractivity contribution < 1.29 is 4.79 Å². The first-order valence-corrected chi connectivity index (χ1v) is 10.1. The largest absolute Gasteiger partial charge is 0.349 e. The summed E-state index contributed by atoms with van der Waals surface area (Å²) in [7, 11) is 0. The summed E-state index contributed by atoms with van der Waals surface area (Å²) in [5, 5.41) is 3.15. The van der Waals surface area contributed by atoms with Gasteiger partial charge in [0.2, 0.25) is 0 Å². The Kier molecular flexibility index (Phi) is 5.47. The molecule has 0 radical (unpaired) electrons. The Balaban J connectivity index is 1.58. The number of amides is 1. The van der Waals surface area contributed by atoms with Crippen molar-refractivity contribution in [3.8, 4) is 0 Å². The van der Waals surface area contributed by atoms with Gasteiger partial charge in [0, 0.05) is 21.5 Å². The molecule has 0 spiro atoms. The standard InChI is InChI=1S/C20H23NOS2/c1-13(9-10-16-7-5-4-6-8-16)21-20(22)19-11-18-17(12-23-19)14(2)15(3)24-18/h4-8,11,13H,9-10,12H2,1-3H3,(H,21,22)/t13-/m0/s1. The summed E-state index contributed by atoms with van der Waals surface area (Å²) in [4.78, 5) is 16.0. The third-order valence-electron chi connectivity index (χ3n) is 4.49. The molecule has 2 nitrogen and oxygen atoms in total. The van der Waals surface area contributed by atoms with Crippen molar-refractivity contribution >= 4 is 35.1 Å². The number of thiophene rings is 1. The Morgan fingerprint density at radius 2 is 2.00 bits per heavy atom. The van der Waals surface area contributed by atoms with Gasteiger partial charge in [-0.1, -0.05) is 30.3 Å². The van der Waals surface area contributed by atoms with Gasteiger partial charge in [-0.15, -0.1) is 23.1 Å². The van der Waals surface area contributed by atoms with Gasteiger partial charge in [-0.05, 0) is 56.4 Å². The monoisotopic (exact) mass is 357 g/mol. The number of hydrogen-bond donors (Lipinski definition) is 1. The first kappa shape index (κ1) is 17.3. The highest BCUT2D eigenvalue weighted by molar-refractivity contribution is 8.03. The smallest absolute Gasteiger partial charge is 0.257 e. The van der Waals surface area contributed by atoms with Crippen LogP contribution in [0.25, 0.3) is 6.08 Å². The van der Waals surface area contributed by atoms with Crippen LogP contribution in [0.3, 0.4) is 0 Å². The average molecular weight is 358 g/mol. The Labute approximate surface area is 152 Å². The molecule has 0 aliphatic carbocycles. The predicted molar refractivity (Wildman–Crippen MR) is 105 cm³/mol. The molecule has 126 valence electrons. The number of carbonyl (C=O) groups excluding carboxylic acids is 1. The summed E-state index contributed by atoms with van der Waals surface area (Å²) in [6, 6.07) is 10.6. The molecule has 0 saturated heterocycles. The Morgan fingerprint density at radius 3 is 2.75 bits per heavy atom. The zero-order valence-corrected chi connectivity index (χ0v) is 16.0. The van der Waals surface area contributed by atoms with Crippen molar-refractivity contribution in [1.82, 2.24) is 5.32 Å². The summed E-state index contributed by atoms with van der Waals surface area (Å²) >= 11 is 3.45. The summed E-state index contributed by atoms with van der Waals surface area (Å²) < 4.78 is 0. The minimum absolute atomic E-state index is 0.0647. The Bertz CT molecular complexity index is 761. The molecule has 1 atom stereocenters. The number of fused-ring (bicyclic) bond motifs is 1. The molecule has 2 heterocycles. The van der Waals surface area contributed by atoms with Gasteiger partial charge in [-0.2, -0.15) is 0 Å². The van der Waals surface area contributed by atoms with E-state index in [0.29, 0.717) is 0 Å². The first-order chi connectivity index (χ1) is 11.5. The van der Waals surface area contributed by atoms with E-state index >= 15 is 0 Å². The lowest BCUT2D eigenvalue weighted by molar-refractivity contribution is -0.117. The average Bonchev–Trinajstić information content (AvgIpc) is 2.88. The Hall–Kier alpha value is -1.52. The molecule has 1 amide bonds. The van der Waals surface area contributed by atoms with Crippen LogP contribution in [0.1, 0.15) is 39.8 Å². The normalized spacial score (nSPS) is 14.7. The molecular weight excluding hydrogens is 334 g/mol. The quantitative estimate of drug-likeness (QED) is 0.807. The maximum Gasteiger partial charge on any atom is 0.257 e. The second-order valence-corrected chi connectivity index (χ2v) is 8.60. The minimum atomic E-state index is 0.0647. The molecular formula is C20H23NOS2. The summed E-state index contributed by atoms with van der Waals surface area (Å²) in [5.41, 5.74) is 4.10. The van der Waals surface area contributed by atoms with Crippen molar-refractivity contribution in [2.45, 2.75) is 45.4 Å². The number of nitrogens with one attached hydrogen (secondary N) is 1. The first-order valence-electron chi connectivity index (χ1n) is 8.32. The van der Waals surface area contributed by atoms with Gasteiger partial charge in [-0.3, -0.25) is 4.79 Å². The van der Waals surface area contributed by atoms with Crippen LogP contribution in [0.15, 0.2) is 35.2 Å². The van der Waals surface area contributed by atoms with Crippen LogP contribution in [-0.2, 0) is 17.0 Å². The molecule has 2 aromatic rings. The molecule has 1 aromatic carbocycles. The van der Waals surface area contributed by atoms with Crippen molar-refractivity contribution in [1.29, 1.82) is 0 Å². The van der Waals surface area contributed by atoms with E-state index in [0.717, 1.165) is 23.5 Å². The number of thioether (sulfide) groups is 1. The van der Waals surface area contributed by atoms with Gasteiger partial charge < -0.3 is 5.32 Å². The molecule has 0 bridgehead atoms. The van der Waals surface area contributed by atoms with Crippen LogP contribution >= 0.6 is 23.1 Å². The van der Waals surface area contributed by atoms with E-state index in [2.05, 4.69) is 56.4 Å². The SMILES string of the molecule is Cc1sc2c(c1C)CSC(C(=O)N[C@@H](C)CCc1ccccc1)=C2. The predicted octanol–water partition coefficient (Wildman–Crippen LogP) is 5.09. The summed E-state index contributed by atoms with van der Waals surface area (Å²) in [5.74, 6) is 0.971. The van der Waals surface area contributed by atoms with E-state index in [4.69, 9.17) is 0 Å². The topological polar surface area (TPSA) is 29.1 Å². The zero-order valence-electron chi connectivity index (χ0n) is 14.4. The van der Waals surface area contributed by atoms with Crippen LogP contribution in [0.4, 0.5) is 0 Å². The van der Waals surface area contributed by atoms with Crippen LogP contribution in [0.2, 0.25) is 0 Å². The third-order valence-corrected chi connectivity index (χ3v) is 6.73. The lowest BCUT2D eigenvalue weighted by Gasteiger charge is -2.17. The van der Waals surface area contributed by atoms with Gasteiger partial charge in [0.15, 0.2) is 0 Å². The van der Waals surface area contributed by atoms with E-state index in [1.54, 1.807) is 23.1 Å². The molecule has 3 rings (SSSR count). The highest BCUT2D eigenvalue weighted by atomic mass is 32.2. The van der Waals surface area contributed by atoms with Gasteiger partial charge in [0.05, 0.1) is 4.91 Å². The van der Waals surface area contributed by atoms with Crippen molar-refractivity contribution in [2.75, 3.05) is 0 Å². The van der Waals surface area contributed by atoms with E-state index in [9.17, 15) is 4.79 Å². The van der Waals surface area contributed by atoms with Crippen LogP contribution in [0, 0.1) is 13.8 Å². The highest BCUT2D eigenvalue weighted by Crippen LogP contribution is 2.39. The van der Waals surface area contributed by atoms with Crippen molar-refractivity contribution in [2.24, 2.45) is 0 Å². The number of hydrogen-bond acceptors (Lipinski definition) is 3. The molecule has 1 aliphatic rings. The fraction of sp³-hybridized carbons (Fsp3) is 0.350. The summed E-state index contributed by atoms with van der Waals surface area (Å²) in [6.45, 7) is 6.41. The molecule has 24 heavy (non-hydrogen) atoms. The van der Waals surface area contributed by atoms with Crippen LogP contribution < -0.4 is 5.32 Å². The molecule has 4 heteroatoms. The number of aryl methyl sites for hydroxylation is 2. The Morgan fingerprint density at radius 1 is 1.25 bits per heavy atom. The van der Waals surface area contributed by atoms with E-state index < -0.39 is 0 Å². The van der Waals surface area contributed by atoms with Gasteiger partial charge in [-0.25, -0.2) is 0 Å². The number of benzene rings is 1. The number of carbonyl (C=O) groups is 1. The molecule has 1 aromatic heterocycles. The molecule has 0 saturated carbocycles. The van der Waals surface area contributed by atoms with Gasteiger partial charge in [0.1, 0.15) is 0 Å². The molecule has 0 unspecified atom stereocenters. The third kappa shape index (κ3) is 3.93. The minimum Gasteiger partial charge on any atom is -0.349 e. The lowest BCUT2D eigenvalue weighted by Crippen LogP contribution is -2.33. The fourth-order valence-corrected chi connectivity index (χ4v) is 5.19. The van der Waals surface area contributed by atoms with E-state index in [-0.39, 0.29) is 11.9 Å². The molecule has 1 N–H and O–H groups in total. The van der Waals surface area contributed by atoms with Crippen molar-refractivity contribution in [3.05, 3.63) is 61.7 Å². The maximum atomic E-state index is 12.5. The van der Waals surface area contributed by atoms with E-state index in [1.807, 2.05) is 6.07 Å². The molecule has 1 aliphatic heterocycles.